The van der Waals surface area contributed by atoms with Gasteiger partial charge in [-0.15, -0.1) is 0 Å². The van der Waals surface area contributed by atoms with Crippen molar-refractivity contribution < 1.29 is 14.7 Å². The van der Waals surface area contributed by atoms with Gasteiger partial charge in [0.15, 0.2) is 0 Å². The first-order valence-electron chi connectivity index (χ1n) is 8.33. The molecule has 1 heterocycles. The van der Waals surface area contributed by atoms with Gasteiger partial charge in [-0.1, -0.05) is 19.8 Å². The largest absolute Gasteiger partial charge is 0.480 e. The highest BCUT2D eigenvalue weighted by molar-refractivity contribution is 5.80. The van der Waals surface area contributed by atoms with Crippen molar-refractivity contribution in [1.82, 2.24) is 9.80 Å². The Bertz CT molecular complexity index is 384. The summed E-state index contributed by atoms with van der Waals surface area (Å²) in [5, 5.41) is 9.10. The molecule has 21 heavy (non-hydrogen) atoms. The molecule has 1 unspecified atom stereocenters. The number of rotatable bonds is 4. The van der Waals surface area contributed by atoms with Crippen LogP contribution in [0.4, 0.5) is 4.79 Å². The van der Waals surface area contributed by atoms with Crippen LogP contribution in [0.2, 0.25) is 0 Å². The average Bonchev–Trinajstić information content (AvgIpc) is 2.50. The van der Waals surface area contributed by atoms with Gasteiger partial charge in [-0.2, -0.15) is 0 Å². The predicted octanol–water partition coefficient (Wildman–Crippen LogP) is 2.95. The molecule has 1 saturated carbocycles. The molecule has 1 aliphatic carbocycles. The molecule has 2 amide bonds. The zero-order chi connectivity index (χ0) is 15.4. The van der Waals surface area contributed by atoms with Crippen molar-refractivity contribution in [3.05, 3.63) is 0 Å². The Kier molecular flexibility index (Phi) is 5.48. The summed E-state index contributed by atoms with van der Waals surface area (Å²) >= 11 is 0. The lowest BCUT2D eigenvalue weighted by Crippen LogP contribution is -2.56. The molecule has 5 heteroatoms. The van der Waals surface area contributed by atoms with Crippen LogP contribution in [0.1, 0.15) is 58.8 Å². The Morgan fingerprint density at radius 3 is 2.57 bits per heavy atom. The van der Waals surface area contributed by atoms with E-state index >= 15 is 0 Å². The van der Waals surface area contributed by atoms with Gasteiger partial charge in [0.25, 0.3) is 0 Å². The van der Waals surface area contributed by atoms with Crippen LogP contribution in [0.15, 0.2) is 0 Å². The molecule has 1 N–H and O–H groups in total. The van der Waals surface area contributed by atoms with Crippen molar-refractivity contribution in [1.29, 1.82) is 0 Å². The minimum absolute atomic E-state index is 0.0300. The van der Waals surface area contributed by atoms with E-state index in [1.54, 1.807) is 4.90 Å². The number of aliphatic carboxylic acids is 1. The summed E-state index contributed by atoms with van der Waals surface area (Å²) in [4.78, 5) is 27.5. The van der Waals surface area contributed by atoms with Crippen molar-refractivity contribution >= 4 is 12.0 Å². The van der Waals surface area contributed by atoms with E-state index in [1.807, 2.05) is 18.7 Å². The maximum absolute atomic E-state index is 12.9. The number of likely N-dealkylation sites (tertiary alicyclic amines) is 1. The second-order valence-electron chi connectivity index (χ2n) is 6.51. The number of carbonyl (C=O) groups is 2. The molecule has 0 bridgehead atoms. The van der Waals surface area contributed by atoms with Crippen LogP contribution >= 0.6 is 0 Å². The van der Waals surface area contributed by atoms with E-state index in [1.165, 1.54) is 25.7 Å². The van der Waals surface area contributed by atoms with Crippen LogP contribution in [0, 0.1) is 5.92 Å². The Labute approximate surface area is 127 Å². The van der Waals surface area contributed by atoms with Crippen molar-refractivity contribution in [3.8, 4) is 0 Å². The molecular weight excluding hydrogens is 268 g/mol. The summed E-state index contributed by atoms with van der Waals surface area (Å²) in [6.45, 7) is 4.52. The third kappa shape index (κ3) is 3.69. The number of urea groups is 1. The fourth-order valence-electron chi connectivity index (χ4n) is 3.81. The highest BCUT2D eigenvalue weighted by atomic mass is 16.4. The fourth-order valence-corrected chi connectivity index (χ4v) is 3.81. The Morgan fingerprint density at radius 1 is 1.24 bits per heavy atom. The molecule has 5 nitrogen and oxygen atoms in total. The normalized spacial score (nSPS) is 26.9. The first-order valence-corrected chi connectivity index (χ1v) is 8.33. The molecule has 2 rings (SSSR count). The second-order valence-corrected chi connectivity index (χ2v) is 6.51. The van der Waals surface area contributed by atoms with Crippen LogP contribution in [-0.2, 0) is 4.79 Å². The molecule has 0 aromatic heterocycles. The maximum Gasteiger partial charge on any atom is 0.323 e. The van der Waals surface area contributed by atoms with Gasteiger partial charge < -0.3 is 14.9 Å². The first kappa shape index (κ1) is 16.1. The number of carboxylic acid groups (broad SMARTS) is 1. The molecule has 2 aliphatic rings. The highest BCUT2D eigenvalue weighted by Crippen LogP contribution is 2.35. The van der Waals surface area contributed by atoms with Crippen molar-refractivity contribution in [2.75, 3.05) is 13.1 Å². The van der Waals surface area contributed by atoms with E-state index < -0.39 is 5.97 Å². The lowest BCUT2D eigenvalue weighted by molar-refractivity contribution is -0.138. The molecule has 0 spiro atoms. The van der Waals surface area contributed by atoms with E-state index in [0.29, 0.717) is 12.0 Å². The summed E-state index contributed by atoms with van der Waals surface area (Å²) in [6.07, 6.45) is 7.81. The van der Waals surface area contributed by atoms with Gasteiger partial charge in [0.1, 0.15) is 6.54 Å². The number of hydrogen-bond donors (Lipinski definition) is 1. The van der Waals surface area contributed by atoms with E-state index in [-0.39, 0.29) is 18.6 Å². The summed E-state index contributed by atoms with van der Waals surface area (Å²) in [7, 11) is 0. The van der Waals surface area contributed by atoms with Crippen LogP contribution in [-0.4, -0.2) is 52.1 Å². The van der Waals surface area contributed by atoms with Gasteiger partial charge in [-0.05, 0) is 44.9 Å². The quantitative estimate of drug-likeness (QED) is 0.867. The van der Waals surface area contributed by atoms with Gasteiger partial charge >= 0.3 is 12.0 Å². The molecular formula is C16H28N2O3. The molecule has 3 atom stereocenters. The fraction of sp³-hybridized carbons (Fsp3) is 0.875. The number of carbonyl (C=O) groups excluding carboxylic acids is 1. The van der Waals surface area contributed by atoms with Crippen LogP contribution in [0.25, 0.3) is 0 Å². The number of piperidine rings is 1. The molecule has 120 valence electrons. The lowest BCUT2D eigenvalue weighted by atomic mass is 9.78. The topological polar surface area (TPSA) is 60.9 Å². The maximum atomic E-state index is 12.9. The monoisotopic (exact) mass is 296 g/mol. The van der Waals surface area contributed by atoms with E-state index in [2.05, 4.69) is 0 Å². The number of nitrogens with zero attached hydrogens (tertiary/aromatic N) is 2. The number of carboxylic acids is 1. The molecule has 2 fully saturated rings. The van der Waals surface area contributed by atoms with Gasteiger partial charge in [-0.3, -0.25) is 4.79 Å². The summed E-state index contributed by atoms with van der Waals surface area (Å²) in [5.41, 5.74) is 0. The zero-order valence-corrected chi connectivity index (χ0v) is 13.3. The highest BCUT2D eigenvalue weighted by Gasteiger charge is 2.38. The first-order chi connectivity index (χ1) is 10.0. The predicted molar refractivity (Wildman–Crippen MR) is 81.2 cm³/mol. The molecule has 0 aromatic rings. The summed E-state index contributed by atoms with van der Waals surface area (Å²) in [5.74, 6) is -0.305. The minimum atomic E-state index is -0.930. The van der Waals surface area contributed by atoms with Gasteiger partial charge in [0, 0.05) is 18.6 Å². The SMILES string of the molecule is CCC(C)N(CC(=O)O)C(=O)N1CCC[C@H]2CCCC[C@H]21. The Balaban J connectivity index is 2.12. The molecule has 0 aromatic carbocycles. The van der Waals surface area contributed by atoms with Gasteiger partial charge in [0.2, 0.25) is 0 Å². The van der Waals surface area contributed by atoms with Crippen molar-refractivity contribution in [3.63, 3.8) is 0 Å². The zero-order valence-electron chi connectivity index (χ0n) is 13.3. The van der Waals surface area contributed by atoms with Crippen molar-refractivity contribution in [2.24, 2.45) is 5.92 Å². The average molecular weight is 296 g/mol. The number of amides is 2. The van der Waals surface area contributed by atoms with Crippen LogP contribution < -0.4 is 0 Å². The minimum Gasteiger partial charge on any atom is -0.480 e. The third-order valence-corrected chi connectivity index (χ3v) is 5.16. The standard InChI is InChI=1S/C16H28N2O3/c1-3-12(2)18(11-15(19)20)16(21)17-10-6-8-13-7-4-5-9-14(13)17/h12-14H,3-11H2,1-2H3,(H,19,20)/t12?,13-,14-/m1/s1. The number of hydrogen-bond acceptors (Lipinski definition) is 2. The van der Waals surface area contributed by atoms with E-state index in [4.69, 9.17) is 5.11 Å². The number of fused-ring (bicyclic) bond motifs is 1. The van der Waals surface area contributed by atoms with Gasteiger partial charge in [0.05, 0.1) is 0 Å². The molecule has 0 radical (unpaired) electrons. The third-order valence-electron chi connectivity index (χ3n) is 5.16. The van der Waals surface area contributed by atoms with E-state index in [9.17, 15) is 9.59 Å². The Morgan fingerprint density at radius 2 is 1.90 bits per heavy atom. The van der Waals surface area contributed by atoms with Crippen LogP contribution in [0.5, 0.6) is 0 Å². The summed E-state index contributed by atoms with van der Waals surface area (Å²) < 4.78 is 0. The van der Waals surface area contributed by atoms with E-state index in [0.717, 1.165) is 25.8 Å². The second kappa shape index (κ2) is 7.14. The van der Waals surface area contributed by atoms with Gasteiger partial charge in [-0.25, -0.2) is 4.79 Å². The molecule has 1 saturated heterocycles. The molecule has 1 aliphatic heterocycles. The Hall–Kier alpha value is -1.26. The van der Waals surface area contributed by atoms with Crippen molar-refractivity contribution in [2.45, 2.75) is 70.9 Å². The lowest BCUT2D eigenvalue weighted by Gasteiger charge is -2.46. The smallest absolute Gasteiger partial charge is 0.323 e. The summed E-state index contributed by atoms with van der Waals surface area (Å²) in [6, 6.07) is 0.237. The van der Waals surface area contributed by atoms with Crippen LogP contribution in [0.3, 0.4) is 0 Å².